The average molecular weight is 305 g/mol. The lowest BCUT2D eigenvalue weighted by atomic mass is 9.86. The Balaban J connectivity index is 1.84. The number of para-hydroxylation sites is 1. The van der Waals surface area contributed by atoms with Gasteiger partial charge in [0.15, 0.2) is 6.61 Å². The van der Waals surface area contributed by atoms with Crippen molar-refractivity contribution in [3.05, 3.63) is 29.8 Å². The summed E-state index contributed by atoms with van der Waals surface area (Å²) < 4.78 is 10.2. The molecule has 2 rings (SSSR count). The Morgan fingerprint density at radius 3 is 2.68 bits per heavy atom. The van der Waals surface area contributed by atoms with Crippen molar-refractivity contribution in [1.29, 1.82) is 0 Å². The van der Waals surface area contributed by atoms with Crippen molar-refractivity contribution in [2.45, 2.75) is 38.6 Å². The van der Waals surface area contributed by atoms with Gasteiger partial charge in [-0.3, -0.25) is 4.79 Å². The number of amides is 1. The summed E-state index contributed by atoms with van der Waals surface area (Å²) in [6.07, 6.45) is 4.48. The van der Waals surface area contributed by atoms with Gasteiger partial charge in [0.2, 0.25) is 0 Å². The summed E-state index contributed by atoms with van der Waals surface area (Å²) in [5, 5.41) is 2.96. The number of hydrogen-bond acceptors (Lipinski definition) is 4. The molecule has 1 amide bonds. The minimum absolute atomic E-state index is 0.186. The SMILES string of the molecule is COc1ccccc1C(=O)OCC(=O)N[C@H]1CCCC[C@@H]1C. The van der Waals surface area contributed by atoms with Crippen LogP contribution in [0.25, 0.3) is 0 Å². The first-order valence-corrected chi connectivity index (χ1v) is 7.71. The van der Waals surface area contributed by atoms with Gasteiger partial charge < -0.3 is 14.8 Å². The maximum absolute atomic E-state index is 12.0. The number of methoxy groups -OCH3 is 1. The third-order valence-corrected chi connectivity index (χ3v) is 4.12. The van der Waals surface area contributed by atoms with Crippen molar-refractivity contribution in [3.63, 3.8) is 0 Å². The van der Waals surface area contributed by atoms with Crippen LogP contribution in [0, 0.1) is 5.92 Å². The van der Waals surface area contributed by atoms with Crippen LogP contribution in [0.5, 0.6) is 5.75 Å². The predicted octanol–water partition coefficient (Wildman–Crippen LogP) is 2.55. The predicted molar refractivity (Wildman–Crippen MR) is 82.8 cm³/mol. The van der Waals surface area contributed by atoms with Gasteiger partial charge in [-0.25, -0.2) is 4.79 Å². The van der Waals surface area contributed by atoms with Crippen molar-refractivity contribution < 1.29 is 19.1 Å². The largest absolute Gasteiger partial charge is 0.496 e. The zero-order chi connectivity index (χ0) is 15.9. The van der Waals surface area contributed by atoms with E-state index < -0.39 is 5.97 Å². The number of nitrogens with one attached hydrogen (secondary N) is 1. The van der Waals surface area contributed by atoms with E-state index in [4.69, 9.17) is 9.47 Å². The van der Waals surface area contributed by atoms with E-state index in [1.54, 1.807) is 24.3 Å². The number of hydrogen-bond donors (Lipinski definition) is 1. The lowest BCUT2D eigenvalue weighted by Gasteiger charge is -2.29. The normalized spacial score (nSPS) is 21.0. The van der Waals surface area contributed by atoms with Crippen LogP contribution in [0.4, 0.5) is 0 Å². The molecule has 120 valence electrons. The quantitative estimate of drug-likeness (QED) is 0.849. The Bertz CT molecular complexity index is 529. The standard InChI is InChI=1S/C17H23NO4/c1-12-7-3-5-9-14(12)18-16(19)11-22-17(20)13-8-4-6-10-15(13)21-2/h4,6,8,10,12,14H,3,5,7,9,11H2,1-2H3,(H,18,19)/t12-,14-/m0/s1. The lowest BCUT2D eigenvalue weighted by Crippen LogP contribution is -2.42. The summed E-state index contributed by atoms with van der Waals surface area (Å²) in [5.74, 6) is 0.114. The summed E-state index contributed by atoms with van der Waals surface area (Å²) in [7, 11) is 1.49. The number of carbonyl (C=O) groups is 2. The fraction of sp³-hybridized carbons (Fsp3) is 0.529. The molecule has 22 heavy (non-hydrogen) atoms. The van der Waals surface area contributed by atoms with Gasteiger partial charge in [-0.15, -0.1) is 0 Å². The maximum atomic E-state index is 12.0. The summed E-state index contributed by atoms with van der Waals surface area (Å²) in [6.45, 7) is 1.88. The van der Waals surface area contributed by atoms with Crippen LogP contribution in [-0.2, 0) is 9.53 Å². The minimum Gasteiger partial charge on any atom is -0.496 e. The number of rotatable bonds is 5. The zero-order valence-corrected chi connectivity index (χ0v) is 13.1. The van der Waals surface area contributed by atoms with Gasteiger partial charge in [-0.2, -0.15) is 0 Å². The number of esters is 1. The Morgan fingerprint density at radius 2 is 1.95 bits per heavy atom. The molecule has 1 saturated carbocycles. The van der Waals surface area contributed by atoms with E-state index in [0.29, 0.717) is 17.2 Å². The molecule has 0 heterocycles. The van der Waals surface area contributed by atoms with Crippen LogP contribution < -0.4 is 10.1 Å². The summed E-state index contributed by atoms with van der Waals surface area (Å²) in [5.41, 5.74) is 0.323. The van der Waals surface area contributed by atoms with Crippen molar-refractivity contribution in [3.8, 4) is 5.75 Å². The van der Waals surface area contributed by atoms with Gasteiger partial charge in [-0.1, -0.05) is 31.9 Å². The van der Waals surface area contributed by atoms with E-state index in [2.05, 4.69) is 12.2 Å². The molecule has 0 unspecified atom stereocenters. The summed E-state index contributed by atoms with van der Waals surface area (Å²) >= 11 is 0. The molecule has 0 aromatic heterocycles. The first-order chi connectivity index (χ1) is 10.6. The summed E-state index contributed by atoms with van der Waals surface area (Å²) in [6, 6.07) is 6.98. The van der Waals surface area contributed by atoms with Crippen LogP contribution in [-0.4, -0.2) is 31.6 Å². The average Bonchev–Trinajstić information content (AvgIpc) is 2.54. The highest BCUT2D eigenvalue weighted by molar-refractivity contribution is 5.94. The lowest BCUT2D eigenvalue weighted by molar-refractivity contribution is -0.125. The third-order valence-electron chi connectivity index (χ3n) is 4.12. The van der Waals surface area contributed by atoms with Crippen molar-refractivity contribution in [1.82, 2.24) is 5.32 Å². The first kappa shape index (κ1) is 16.3. The summed E-state index contributed by atoms with van der Waals surface area (Å²) in [4.78, 5) is 23.9. The second-order valence-electron chi connectivity index (χ2n) is 5.71. The molecule has 1 N–H and O–H groups in total. The van der Waals surface area contributed by atoms with Crippen molar-refractivity contribution in [2.24, 2.45) is 5.92 Å². The fourth-order valence-electron chi connectivity index (χ4n) is 2.80. The van der Waals surface area contributed by atoms with Gasteiger partial charge in [-0.05, 0) is 30.9 Å². The molecule has 0 radical (unpaired) electrons. The van der Waals surface area contributed by atoms with E-state index >= 15 is 0 Å². The highest BCUT2D eigenvalue weighted by atomic mass is 16.5. The van der Waals surface area contributed by atoms with Crippen LogP contribution in [0.1, 0.15) is 43.0 Å². The Hall–Kier alpha value is -2.04. The van der Waals surface area contributed by atoms with Gasteiger partial charge >= 0.3 is 5.97 Å². The number of benzene rings is 1. The molecule has 1 fully saturated rings. The monoisotopic (exact) mass is 305 g/mol. The molecule has 2 atom stereocenters. The van der Waals surface area contributed by atoms with Crippen LogP contribution in [0.15, 0.2) is 24.3 Å². The Kier molecular flexibility index (Phi) is 5.81. The highest BCUT2D eigenvalue weighted by Crippen LogP contribution is 2.23. The van der Waals surface area contributed by atoms with Crippen LogP contribution in [0.2, 0.25) is 0 Å². The first-order valence-electron chi connectivity index (χ1n) is 7.71. The second kappa shape index (κ2) is 7.82. The number of carbonyl (C=O) groups excluding carboxylic acids is 2. The molecule has 1 aromatic rings. The second-order valence-corrected chi connectivity index (χ2v) is 5.71. The maximum Gasteiger partial charge on any atom is 0.342 e. The molecular formula is C17H23NO4. The molecule has 1 aromatic carbocycles. The topological polar surface area (TPSA) is 64.6 Å². The molecular weight excluding hydrogens is 282 g/mol. The van der Waals surface area contributed by atoms with Crippen LogP contribution >= 0.6 is 0 Å². The molecule has 0 saturated heterocycles. The smallest absolute Gasteiger partial charge is 0.342 e. The van der Waals surface area contributed by atoms with Crippen LogP contribution in [0.3, 0.4) is 0 Å². The molecule has 5 heteroatoms. The number of ether oxygens (including phenoxy) is 2. The van der Waals surface area contributed by atoms with E-state index in [1.807, 2.05) is 0 Å². The Morgan fingerprint density at radius 1 is 1.23 bits per heavy atom. The molecule has 0 aliphatic heterocycles. The molecule has 5 nitrogen and oxygen atoms in total. The fourth-order valence-corrected chi connectivity index (χ4v) is 2.80. The third kappa shape index (κ3) is 4.23. The van der Waals surface area contributed by atoms with Gasteiger partial charge in [0.05, 0.1) is 7.11 Å². The molecule has 1 aliphatic rings. The van der Waals surface area contributed by atoms with E-state index in [1.165, 1.54) is 13.5 Å². The highest BCUT2D eigenvalue weighted by Gasteiger charge is 2.23. The van der Waals surface area contributed by atoms with Gasteiger partial charge in [0.25, 0.3) is 5.91 Å². The minimum atomic E-state index is -0.552. The molecule has 0 spiro atoms. The molecule has 1 aliphatic carbocycles. The van der Waals surface area contributed by atoms with E-state index in [9.17, 15) is 9.59 Å². The van der Waals surface area contributed by atoms with E-state index in [-0.39, 0.29) is 18.6 Å². The van der Waals surface area contributed by atoms with Crippen molar-refractivity contribution in [2.75, 3.05) is 13.7 Å². The van der Waals surface area contributed by atoms with Gasteiger partial charge in [0.1, 0.15) is 11.3 Å². The van der Waals surface area contributed by atoms with Crippen molar-refractivity contribution >= 4 is 11.9 Å². The zero-order valence-electron chi connectivity index (χ0n) is 13.1. The Labute approximate surface area is 131 Å². The van der Waals surface area contributed by atoms with E-state index in [0.717, 1.165) is 19.3 Å². The van der Waals surface area contributed by atoms with Gasteiger partial charge in [0, 0.05) is 6.04 Å². The molecule has 0 bridgehead atoms.